The van der Waals surface area contributed by atoms with Crippen molar-refractivity contribution in [3.8, 4) is 0 Å². The Labute approximate surface area is 166 Å². The molecule has 7 heteroatoms. The topological polar surface area (TPSA) is 75.2 Å². The van der Waals surface area contributed by atoms with Gasteiger partial charge in [0.2, 0.25) is 0 Å². The fourth-order valence-electron chi connectivity index (χ4n) is 3.40. The Kier molecular flexibility index (Phi) is 6.26. The van der Waals surface area contributed by atoms with E-state index in [9.17, 15) is 8.42 Å². The van der Waals surface area contributed by atoms with Gasteiger partial charge in [0.1, 0.15) is 12.1 Å². The lowest BCUT2D eigenvalue weighted by atomic mass is 10.0. The summed E-state index contributed by atoms with van der Waals surface area (Å²) in [6.45, 7) is 6.82. The fourth-order valence-corrected chi connectivity index (χ4v) is 4.05. The molecule has 0 aliphatic heterocycles. The van der Waals surface area contributed by atoms with Gasteiger partial charge in [0.15, 0.2) is 9.84 Å². The molecule has 0 unspecified atom stereocenters. The maximum atomic E-state index is 11.9. The zero-order valence-electron chi connectivity index (χ0n) is 16.5. The summed E-state index contributed by atoms with van der Waals surface area (Å²) in [6, 6.07) is 15.5. The van der Waals surface area contributed by atoms with Crippen LogP contribution < -0.4 is 5.32 Å². The van der Waals surface area contributed by atoms with Crippen molar-refractivity contribution in [1.29, 1.82) is 0 Å². The molecule has 148 valence electrons. The fraction of sp³-hybridized carbons (Fsp3) is 0.333. The number of nitrogens with zero attached hydrogens (tertiary/aromatic N) is 3. The summed E-state index contributed by atoms with van der Waals surface area (Å²) in [4.78, 5) is 11.3. The number of anilines is 1. The molecule has 1 N–H and O–H groups in total. The lowest BCUT2D eigenvalue weighted by Crippen LogP contribution is -2.33. The third-order valence-electron chi connectivity index (χ3n) is 4.94. The minimum atomic E-state index is -3.30. The van der Waals surface area contributed by atoms with Crippen molar-refractivity contribution in [1.82, 2.24) is 14.9 Å². The Morgan fingerprint density at radius 2 is 1.75 bits per heavy atom. The van der Waals surface area contributed by atoms with Crippen molar-refractivity contribution in [3.63, 3.8) is 0 Å². The molecule has 0 radical (unpaired) electrons. The number of fused-ring (bicyclic) bond motifs is 1. The number of nitrogens with one attached hydrogen (secondary N) is 1. The Morgan fingerprint density at radius 3 is 2.39 bits per heavy atom. The zero-order chi connectivity index (χ0) is 20.1. The SMILES string of the molecule is CCN(CC)[C@@H](CNc1ncnc2ccc(S(C)(=O)=O)cc12)c1ccccc1. The molecule has 0 amide bonds. The molecule has 0 bridgehead atoms. The molecule has 0 saturated heterocycles. The lowest BCUT2D eigenvalue weighted by molar-refractivity contribution is 0.228. The number of sulfone groups is 1. The Hall–Kier alpha value is -2.51. The van der Waals surface area contributed by atoms with Gasteiger partial charge < -0.3 is 5.32 Å². The van der Waals surface area contributed by atoms with E-state index in [1.54, 1.807) is 18.2 Å². The number of benzene rings is 2. The monoisotopic (exact) mass is 398 g/mol. The van der Waals surface area contributed by atoms with Crippen molar-refractivity contribution < 1.29 is 8.42 Å². The summed E-state index contributed by atoms with van der Waals surface area (Å²) in [5.74, 6) is 0.642. The van der Waals surface area contributed by atoms with Crippen LogP contribution in [0, 0.1) is 0 Å². The van der Waals surface area contributed by atoms with E-state index in [-0.39, 0.29) is 10.9 Å². The highest BCUT2D eigenvalue weighted by Gasteiger charge is 2.18. The van der Waals surface area contributed by atoms with E-state index in [2.05, 4.69) is 46.2 Å². The van der Waals surface area contributed by atoms with E-state index < -0.39 is 9.84 Å². The zero-order valence-corrected chi connectivity index (χ0v) is 17.3. The summed E-state index contributed by atoms with van der Waals surface area (Å²) in [7, 11) is -3.30. The van der Waals surface area contributed by atoms with Gasteiger partial charge in [0, 0.05) is 18.2 Å². The third-order valence-corrected chi connectivity index (χ3v) is 6.05. The second-order valence-electron chi connectivity index (χ2n) is 6.70. The molecular weight excluding hydrogens is 372 g/mol. The van der Waals surface area contributed by atoms with Crippen molar-refractivity contribution >= 4 is 26.6 Å². The molecule has 0 saturated carbocycles. The first kappa shape index (κ1) is 20.2. The van der Waals surface area contributed by atoms with Crippen molar-refractivity contribution in [3.05, 3.63) is 60.4 Å². The van der Waals surface area contributed by atoms with Crippen molar-refractivity contribution in [2.45, 2.75) is 24.8 Å². The van der Waals surface area contributed by atoms with Gasteiger partial charge in [-0.1, -0.05) is 44.2 Å². The molecule has 1 heterocycles. The molecule has 1 aromatic heterocycles. The van der Waals surface area contributed by atoms with Crippen molar-refractivity contribution in [2.24, 2.45) is 0 Å². The quantitative estimate of drug-likeness (QED) is 0.626. The largest absolute Gasteiger partial charge is 0.368 e. The number of likely N-dealkylation sites (N-methyl/N-ethyl adjacent to an activating group) is 1. The maximum absolute atomic E-state index is 11.9. The molecule has 1 atom stereocenters. The van der Waals surface area contributed by atoms with Gasteiger partial charge in [-0.05, 0) is 36.9 Å². The molecule has 3 aromatic rings. The number of aromatic nitrogens is 2. The molecule has 28 heavy (non-hydrogen) atoms. The first-order valence-electron chi connectivity index (χ1n) is 9.41. The summed E-state index contributed by atoms with van der Waals surface area (Å²) in [5, 5.41) is 4.13. The lowest BCUT2D eigenvalue weighted by Gasteiger charge is -2.30. The van der Waals surface area contributed by atoms with Crippen molar-refractivity contribution in [2.75, 3.05) is 31.2 Å². The standard InChI is InChI=1S/C21H26N4O2S/c1-4-25(5-2)20(16-9-7-6-8-10-16)14-22-21-18-13-17(28(3,26)27)11-12-19(18)23-15-24-21/h6-13,15,20H,4-5,14H2,1-3H3,(H,22,23,24)/t20-/m0/s1. The molecule has 0 aliphatic rings. The van der Waals surface area contributed by atoms with E-state index in [4.69, 9.17) is 0 Å². The molecular formula is C21H26N4O2S. The first-order chi connectivity index (χ1) is 13.4. The van der Waals surface area contributed by atoms with Gasteiger partial charge in [0.25, 0.3) is 0 Å². The average Bonchev–Trinajstić information content (AvgIpc) is 2.70. The minimum Gasteiger partial charge on any atom is -0.368 e. The Balaban J connectivity index is 1.94. The summed E-state index contributed by atoms with van der Waals surface area (Å²) >= 11 is 0. The van der Waals surface area contributed by atoms with Crippen LogP contribution in [-0.4, -0.2) is 49.2 Å². The maximum Gasteiger partial charge on any atom is 0.175 e. The summed E-state index contributed by atoms with van der Waals surface area (Å²) < 4.78 is 23.9. The first-order valence-corrected chi connectivity index (χ1v) is 11.3. The Bertz CT molecular complexity index is 1030. The van der Waals surface area contributed by atoms with E-state index in [1.807, 2.05) is 18.2 Å². The number of hydrogen-bond donors (Lipinski definition) is 1. The van der Waals surface area contributed by atoms with Crippen LogP contribution in [0.3, 0.4) is 0 Å². The molecule has 6 nitrogen and oxygen atoms in total. The Morgan fingerprint density at radius 1 is 1.04 bits per heavy atom. The van der Waals surface area contributed by atoms with Gasteiger partial charge in [-0.3, -0.25) is 4.90 Å². The molecule has 0 aliphatic carbocycles. The molecule has 0 fully saturated rings. The average molecular weight is 399 g/mol. The van der Waals surface area contributed by atoms with Crippen LogP contribution in [-0.2, 0) is 9.84 Å². The van der Waals surface area contributed by atoms with Gasteiger partial charge in [-0.25, -0.2) is 18.4 Å². The molecule has 3 rings (SSSR count). The second-order valence-corrected chi connectivity index (χ2v) is 8.72. The van der Waals surface area contributed by atoms with Gasteiger partial charge in [0.05, 0.1) is 16.5 Å². The van der Waals surface area contributed by atoms with Crippen LogP contribution in [0.2, 0.25) is 0 Å². The van der Waals surface area contributed by atoms with E-state index in [0.717, 1.165) is 13.1 Å². The normalized spacial score (nSPS) is 13.0. The van der Waals surface area contributed by atoms with E-state index in [0.29, 0.717) is 23.3 Å². The highest BCUT2D eigenvalue weighted by molar-refractivity contribution is 7.90. The number of rotatable bonds is 8. The van der Waals surface area contributed by atoms with Crippen LogP contribution in [0.25, 0.3) is 10.9 Å². The predicted molar refractivity (Wildman–Crippen MR) is 113 cm³/mol. The van der Waals surface area contributed by atoms with Crippen LogP contribution in [0.15, 0.2) is 59.8 Å². The second kappa shape index (κ2) is 8.67. The minimum absolute atomic E-state index is 0.180. The van der Waals surface area contributed by atoms with E-state index in [1.165, 1.54) is 18.1 Å². The molecule has 2 aromatic carbocycles. The van der Waals surface area contributed by atoms with Gasteiger partial charge >= 0.3 is 0 Å². The van der Waals surface area contributed by atoms with E-state index >= 15 is 0 Å². The summed E-state index contributed by atoms with van der Waals surface area (Å²) in [5.41, 5.74) is 1.94. The van der Waals surface area contributed by atoms with Crippen LogP contribution >= 0.6 is 0 Å². The van der Waals surface area contributed by atoms with Gasteiger partial charge in [-0.15, -0.1) is 0 Å². The van der Waals surface area contributed by atoms with Crippen LogP contribution in [0.5, 0.6) is 0 Å². The predicted octanol–water partition coefficient (Wildman–Crippen LogP) is 3.53. The van der Waals surface area contributed by atoms with Gasteiger partial charge in [-0.2, -0.15) is 0 Å². The molecule has 0 spiro atoms. The highest BCUT2D eigenvalue weighted by Crippen LogP contribution is 2.25. The van der Waals surface area contributed by atoms with Crippen LogP contribution in [0.1, 0.15) is 25.5 Å². The third kappa shape index (κ3) is 4.48. The summed E-state index contributed by atoms with van der Waals surface area (Å²) in [6.07, 6.45) is 2.70. The highest BCUT2D eigenvalue weighted by atomic mass is 32.2. The number of hydrogen-bond acceptors (Lipinski definition) is 6. The van der Waals surface area contributed by atoms with Crippen LogP contribution in [0.4, 0.5) is 5.82 Å². The smallest absolute Gasteiger partial charge is 0.175 e.